The van der Waals surface area contributed by atoms with Gasteiger partial charge in [-0.25, -0.2) is 0 Å². The van der Waals surface area contributed by atoms with Crippen LogP contribution in [0, 0.1) is 0 Å². The molecule has 0 saturated carbocycles. The van der Waals surface area contributed by atoms with Crippen molar-refractivity contribution in [3.63, 3.8) is 0 Å². The first kappa shape index (κ1) is 13.6. The normalized spacial score (nSPS) is 10.4. The lowest BCUT2D eigenvalue weighted by Gasteiger charge is -2.09. The number of halogens is 2. The van der Waals surface area contributed by atoms with Crippen LogP contribution in [0.4, 0.5) is 5.69 Å². The Morgan fingerprint density at radius 2 is 2.06 bits per heavy atom. The van der Waals surface area contributed by atoms with Crippen molar-refractivity contribution in [3.8, 4) is 0 Å². The first-order valence-electron chi connectivity index (χ1n) is 5.81. The van der Waals surface area contributed by atoms with E-state index < -0.39 is 0 Å². The Balaban J connectivity index is 2.06. The molecule has 94 valence electrons. The van der Waals surface area contributed by atoms with Gasteiger partial charge >= 0.3 is 0 Å². The molecule has 0 aliphatic heterocycles. The maximum atomic E-state index is 4.38. The smallest absolute Gasteiger partial charge is 0.0737 e. The predicted molar refractivity (Wildman–Crippen MR) is 82.8 cm³/mol. The second-order valence-corrected chi connectivity index (χ2v) is 5.76. The van der Waals surface area contributed by atoms with E-state index in [4.69, 9.17) is 0 Å². The number of nitrogens with one attached hydrogen (secondary N) is 1. The summed E-state index contributed by atoms with van der Waals surface area (Å²) in [6, 6.07) is 10.5. The maximum Gasteiger partial charge on any atom is 0.0737 e. The van der Waals surface area contributed by atoms with E-state index in [1.807, 2.05) is 12.3 Å². The Bertz CT molecular complexity index is 541. The Labute approximate surface area is 124 Å². The van der Waals surface area contributed by atoms with E-state index in [0.717, 1.165) is 26.7 Å². The van der Waals surface area contributed by atoms with E-state index >= 15 is 0 Å². The van der Waals surface area contributed by atoms with Gasteiger partial charge in [0.15, 0.2) is 0 Å². The van der Waals surface area contributed by atoms with Gasteiger partial charge in [-0.15, -0.1) is 0 Å². The molecule has 1 N–H and O–H groups in total. The molecule has 1 aromatic carbocycles. The summed E-state index contributed by atoms with van der Waals surface area (Å²) in [4.78, 5) is 4.38. The highest BCUT2D eigenvalue weighted by Gasteiger charge is 2.02. The second-order valence-electron chi connectivity index (χ2n) is 3.99. The summed E-state index contributed by atoms with van der Waals surface area (Å²) in [5.74, 6) is 0. The van der Waals surface area contributed by atoms with Gasteiger partial charge < -0.3 is 5.32 Å². The van der Waals surface area contributed by atoms with Crippen LogP contribution in [0.15, 0.2) is 45.5 Å². The molecular formula is C14H14Br2N2. The molecule has 0 saturated heterocycles. The van der Waals surface area contributed by atoms with Crippen molar-refractivity contribution in [2.75, 3.05) is 5.32 Å². The van der Waals surface area contributed by atoms with Crippen molar-refractivity contribution in [2.24, 2.45) is 0 Å². The van der Waals surface area contributed by atoms with Gasteiger partial charge in [-0.05, 0) is 62.0 Å². The lowest BCUT2D eigenvalue weighted by molar-refractivity contribution is 1.03. The highest BCUT2D eigenvalue weighted by atomic mass is 79.9. The van der Waals surface area contributed by atoms with Gasteiger partial charge in [-0.3, -0.25) is 4.98 Å². The van der Waals surface area contributed by atoms with Gasteiger partial charge in [0.2, 0.25) is 0 Å². The number of anilines is 1. The lowest BCUT2D eigenvalue weighted by atomic mass is 10.1. The largest absolute Gasteiger partial charge is 0.379 e. The minimum Gasteiger partial charge on any atom is -0.379 e. The molecule has 0 fully saturated rings. The Morgan fingerprint density at radius 1 is 1.22 bits per heavy atom. The second kappa shape index (κ2) is 6.34. The number of rotatable bonds is 4. The van der Waals surface area contributed by atoms with Crippen LogP contribution < -0.4 is 5.32 Å². The minimum absolute atomic E-state index is 0.709. The molecule has 2 nitrogen and oxygen atoms in total. The molecule has 0 unspecified atom stereocenters. The summed E-state index contributed by atoms with van der Waals surface area (Å²) in [6.45, 7) is 2.87. The summed E-state index contributed by atoms with van der Waals surface area (Å²) in [7, 11) is 0. The average molecular weight is 370 g/mol. The molecular weight excluding hydrogens is 356 g/mol. The summed E-state index contributed by atoms with van der Waals surface area (Å²) >= 11 is 6.91. The molecule has 0 bridgehead atoms. The van der Waals surface area contributed by atoms with Gasteiger partial charge in [0.05, 0.1) is 12.2 Å². The number of aromatic nitrogens is 1. The molecule has 0 aliphatic carbocycles. The number of pyridine rings is 1. The Morgan fingerprint density at radius 3 is 2.78 bits per heavy atom. The number of benzene rings is 1. The molecule has 0 aliphatic rings. The number of nitrogens with zero attached hydrogens (tertiary/aromatic N) is 1. The van der Waals surface area contributed by atoms with Gasteiger partial charge in [0.1, 0.15) is 0 Å². The average Bonchev–Trinajstić information content (AvgIpc) is 2.38. The van der Waals surface area contributed by atoms with E-state index in [2.05, 4.69) is 73.3 Å². The number of aryl methyl sites for hydroxylation is 1. The summed E-state index contributed by atoms with van der Waals surface area (Å²) < 4.78 is 1.99. The highest BCUT2D eigenvalue weighted by molar-refractivity contribution is 9.11. The van der Waals surface area contributed by atoms with Crippen LogP contribution in [-0.2, 0) is 13.0 Å². The third-order valence-electron chi connectivity index (χ3n) is 2.68. The monoisotopic (exact) mass is 368 g/mol. The maximum absolute atomic E-state index is 4.38. The van der Waals surface area contributed by atoms with Crippen LogP contribution in [0.25, 0.3) is 0 Å². The summed E-state index contributed by atoms with van der Waals surface area (Å²) in [5, 5.41) is 3.39. The SMILES string of the molecule is CCc1cccc(NCc2ncc(Br)cc2Br)c1. The van der Waals surface area contributed by atoms with Crippen molar-refractivity contribution in [1.29, 1.82) is 0 Å². The van der Waals surface area contributed by atoms with E-state index in [1.165, 1.54) is 5.56 Å². The summed E-state index contributed by atoms with van der Waals surface area (Å²) in [5.41, 5.74) is 3.47. The third kappa shape index (κ3) is 3.56. The lowest BCUT2D eigenvalue weighted by Crippen LogP contribution is -2.02. The molecule has 1 aromatic heterocycles. The molecule has 4 heteroatoms. The van der Waals surface area contributed by atoms with Crippen LogP contribution in [-0.4, -0.2) is 4.98 Å². The third-order valence-corrected chi connectivity index (χ3v) is 3.80. The summed E-state index contributed by atoms with van der Waals surface area (Å²) in [6.07, 6.45) is 2.86. The molecule has 2 aromatic rings. The van der Waals surface area contributed by atoms with Gasteiger partial charge in [-0.1, -0.05) is 19.1 Å². The molecule has 1 heterocycles. The van der Waals surface area contributed by atoms with E-state index in [0.29, 0.717) is 6.54 Å². The van der Waals surface area contributed by atoms with Crippen LogP contribution >= 0.6 is 31.9 Å². The molecule has 0 spiro atoms. The van der Waals surface area contributed by atoms with Crippen molar-refractivity contribution >= 4 is 37.5 Å². The van der Waals surface area contributed by atoms with E-state index in [1.54, 1.807) is 0 Å². The van der Waals surface area contributed by atoms with Crippen molar-refractivity contribution in [1.82, 2.24) is 4.98 Å². The van der Waals surface area contributed by atoms with Crippen LogP contribution in [0.5, 0.6) is 0 Å². The van der Waals surface area contributed by atoms with Crippen molar-refractivity contribution < 1.29 is 0 Å². The van der Waals surface area contributed by atoms with Crippen LogP contribution in [0.3, 0.4) is 0 Å². The fourth-order valence-corrected chi connectivity index (χ4v) is 2.79. The predicted octanol–water partition coefficient (Wildman–Crippen LogP) is 4.78. The zero-order valence-corrected chi connectivity index (χ0v) is 13.3. The molecule has 18 heavy (non-hydrogen) atoms. The fourth-order valence-electron chi connectivity index (χ4n) is 1.66. The Kier molecular flexibility index (Phi) is 4.78. The number of hydrogen-bond acceptors (Lipinski definition) is 2. The molecule has 2 rings (SSSR count). The molecule has 0 radical (unpaired) electrons. The van der Waals surface area contributed by atoms with Crippen LogP contribution in [0.1, 0.15) is 18.2 Å². The highest BCUT2D eigenvalue weighted by Crippen LogP contribution is 2.20. The first-order valence-corrected chi connectivity index (χ1v) is 7.40. The van der Waals surface area contributed by atoms with Gasteiger partial charge in [0, 0.05) is 20.8 Å². The Hall–Kier alpha value is -0.870. The van der Waals surface area contributed by atoms with Crippen molar-refractivity contribution in [2.45, 2.75) is 19.9 Å². The molecule has 0 atom stereocenters. The first-order chi connectivity index (χ1) is 8.69. The van der Waals surface area contributed by atoms with E-state index in [9.17, 15) is 0 Å². The van der Waals surface area contributed by atoms with Crippen LogP contribution in [0.2, 0.25) is 0 Å². The van der Waals surface area contributed by atoms with Gasteiger partial charge in [0.25, 0.3) is 0 Å². The van der Waals surface area contributed by atoms with Gasteiger partial charge in [-0.2, -0.15) is 0 Å². The van der Waals surface area contributed by atoms with E-state index in [-0.39, 0.29) is 0 Å². The quantitative estimate of drug-likeness (QED) is 0.838. The molecule has 0 amide bonds. The number of hydrogen-bond donors (Lipinski definition) is 1. The standard InChI is InChI=1S/C14H14Br2N2/c1-2-10-4-3-5-12(6-10)17-9-14-13(16)7-11(15)8-18-14/h3-8,17H,2,9H2,1H3. The fraction of sp³-hybridized carbons (Fsp3) is 0.214. The van der Waals surface area contributed by atoms with Crippen molar-refractivity contribution in [3.05, 3.63) is 56.7 Å². The zero-order chi connectivity index (χ0) is 13.0. The zero-order valence-electron chi connectivity index (χ0n) is 10.1. The topological polar surface area (TPSA) is 24.9 Å². The minimum atomic E-state index is 0.709.